The Morgan fingerprint density at radius 3 is 2.65 bits per heavy atom. The molecule has 1 nitrogen and oxygen atoms in total. The first kappa shape index (κ1) is 16.4. The van der Waals surface area contributed by atoms with Crippen molar-refractivity contribution in [3.05, 3.63) is 29.8 Å². The van der Waals surface area contributed by atoms with Crippen molar-refractivity contribution in [2.75, 3.05) is 7.11 Å². The Hall–Kier alpha value is -1.42. The molecule has 23 heavy (non-hydrogen) atoms. The van der Waals surface area contributed by atoms with Gasteiger partial charge in [-0.2, -0.15) is 0 Å². The van der Waals surface area contributed by atoms with Crippen LogP contribution in [-0.2, 0) is 0 Å². The lowest BCUT2D eigenvalue weighted by Crippen LogP contribution is -2.39. The van der Waals surface area contributed by atoms with Gasteiger partial charge in [-0.15, -0.1) is 0 Å². The molecule has 2 saturated carbocycles. The van der Waals surface area contributed by atoms with Gasteiger partial charge in [0.1, 0.15) is 5.75 Å². The van der Waals surface area contributed by atoms with Crippen molar-refractivity contribution in [2.24, 2.45) is 23.2 Å². The van der Waals surface area contributed by atoms with E-state index in [1.54, 1.807) is 7.11 Å². The fraction of sp³-hybridized carbons (Fsp3) is 0.636. The Morgan fingerprint density at radius 2 is 1.91 bits per heavy atom. The number of rotatable bonds is 2. The average molecular weight is 310 g/mol. The van der Waals surface area contributed by atoms with E-state index in [9.17, 15) is 0 Å². The molecule has 0 bridgehead atoms. The van der Waals surface area contributed by atoms with E-state index in [0.717, 1.165) is 35.5 Å². The molecule has 0 radical (unpaired) electrons. The first-order valence-corrected chi connectivity index (χ1v) is 9.21. The van der Waals surface area contributed by atoms with Crippen LogP contribution in [0.1, 0.15) is 64.4 Å². The van der Waals surface area contributed by atoms with E-state index in [0.29, 0.717) is 5.41 Å². The standard InChI is InChI=1S/C22H30O/c1-22(2)15-5-8-19-12-9-18(16-21(19)22)7-4-6-17-10-13-20(23-3)14-11-17/h10-11,13-14,18-19,21H,5,7-9,12,15-16H2,1-3H3. The molecule has 0 amide bonds. The minimum absolute atomic E-state index is 0.547. The van der Waals surface area contributed by atoms with Gasteiger partial charge in [0.05, 0.1) is 7.11 Å². The minimum Gasteiger partial charge on any atom is -0.497 e. The fourth-order valence-electron chi connectivity index (χ4n) is 4.79. The van der Waals surface area contributed by atoms with E-state index < -0.39 is 0 Å². The molecule has 3 atom stereocenters. The van der Waals surface area contributed by atoms with Gasteiger partial charge in [0.2, 0.25) is 0 Å². The second-order valence-electron chi connectivity index (χ2n) is 8.16. The Kier molecular flexibility index (Phi) is 5.00. The third-order valence-electron chi connectivity index (χ3n) is 6.22. The van der Waals surface area contributed by atoms with Gasteiger partial charge >= 0.3 is 0 Å². The van der Waals surface area contributed by atoms with Crippen LogP contribution in [0.2, 0.25) is 0 Å². The van der Waals surface area contributed by atoms with Crippen LogP contribution >= 0.6 is 0 Å². The highest BCUT2D eigenvalue weighted by atomic mass is 16.5. The van der Waals surface area contributed by atoms with E-state index in [1.807, 2.05) is 24.3 Å². The Morgan fingerprint density at radius 1 is 1.13 bits per heavy atom. The summed E-state index contributed by atoms with van der Waals surface area (Å²) in [5, 5.41) is 0. The molecule has 3 rings (SSSR count). The highest BCUT2D eigenvalue weighted by Gasteiger charge is 2.41. The Labute approximate surface area is 141 Å². The van der Waals surface area contributed by atoms with Crippen molar-refractivity contribution in [3.63, 3.8) is 0 Å². The first-order chi connectivity index (χ1) is 11.1. The van der Waals surface area contributed by atoms with E-state index >= 15 is 0 Å². The molecule has 0 heterocycles. The maximum Gasteiger partial charge on any atom is 0.118 e. The van der Waals surface area contributed by atoms with E-state index in [2.05, 4.69) is 25.7 Å². The van der Waals surface area contributed by atoms with Crippen LogP contribution < -0.4 is 4.74 Å². The lowest BCUT2D eigenvalue weighted by Gasteiger charge is -2.48. The topological polar surface area (TPSA) is 9.23 Å². The Bertz CT molecular complexity index is 572. The zero-order chi connectivity index (χ0) is 16.3. The van der Waals surface area contributed by atoms with Gasteiger partial charge in [0.25, 0.3) is 0 Å². The van der Waals surface area contributed by atoms with Crippen LogP contribution in [0.15, 0.2) is 24.3 Å². The molecule has 0 saturated heterocycles. The number of ether oxygens (including phenoxy) is 1. The molecule has 0 aliphatic heterocycles. The summed E-state index contributed by atoms with van der Waals surface area (Å²) in [6.07, 6.45) is 9.60. The third-order valence-corrected chi connectivity index (χ3v) is 6.22. The largest absolute Gasteiger partial charge is 0.497 e. The summed E-state index contributed by atoms with van der Waals surface area (Å²) >= 11 is 0. The van der Waals surface area contributed by atoms with Gasteiger partial charge in [-0.05, 0) is 73.1 Å². The van der Waals surface area contributed by atoms with Crippen molar-refractivity contribution in [2.45, 2.75) is 58.8 Å². The molecule has 0 spiro atoms. The number of benzene rings is 1. The molecular formula is C22H30O. The lowest BCUT2D eigenvalue weighted by molar-refractivity contribution is 0.0194. The highest BCUT2D eigenvalue weighted by molar-refractivity contribution is 5.38. The van der Waals surface area contributed by atoms with Crippen molar-refractivity contribution < 1.29 is 4.74 Å². The van der Waals surface area contributed by atoms with Crippen LogP contribution in [0.4, 0.5) is 0 Å². The van der Waals surface area contributed by atoms with Gasteiger partial charge < -0.3 is 4.74 Å². The monoisotopic (exact) mass is 310 g/mol. The lowest BCUT2D eigenvalue weighted by atomic mass is 9.57. The molecule has 1 heteroatoms. The van der Waals surface area contributed by atoms with Crippen molar-refractivity contribution in [1.29, 1.82) is 0 Å². The summed E-state index contributed by atoms with van der Waals surface area (Å²) in [6, 6.07) is 8.07. The van der Waals surface area contributed by atoms with Crippen molar-refractivity contribution in [1.82, 2.24) is 0 Å². The molecule has 1 aromatic rings. The van der Waals surface area contributed by atoms with Crippen LogP contribution in [0.3, 0.4) is 0 Å². The van der Waals surface area contributed by atoms with Gasteiger partial charge in [-0.1, -0.05) is 38.5 Å². The zero-order valence-electron chi connectivity index (χ0n) is 14.9. The minimum atomic E-state index is 0.547. The molecule has 2 fully saturated rings. The van der Waals surface area contributed by atoms with Crippen LogP contribution in [-0.4, -0.2) is 7.11 Å². The number of hydrogen-bond donors (Lipinski definition) is 0. The predicted octanol–water partition coefficient (Wildman–Crippen LogP) is 5.68. The molecule has 3 unspecified atom stereocenters. The van der Waals surface area contributed by atoms with Crippen molar-refractivity contribution >= 4 is 0 Å². The summed E-state index contributed by atoms with van der Waals surface area (Å²) in [4.78, 5) is 0. The second-order valence-corrected chi connectivity index (χ2v) is 8.16. The SMILES string of the molecule is COc1ccc(C#CCC2CCC3CCCC(C)(C)C3C2)cc1. The molecule has 2 aliphatic carbocycles. The van der Waals surface area contributed by atoms with Gasteiger partial charge in [-0.3, -0.25) is 0 Å². The quantitative estimate of drug-likeness (QED) is 0.639. The Balaban J connectivity index is 1.58. The summed E-state index contributed by atoms with van der Waals surface area (Å²) in [6.45, 7) is 4.99. The van der Waals surface area contributed by atoms with Gasteiger partial charge in [0, 0.05) is 12.0 Å². The van der Waals surface area contributed by atoms with E-state index in [1.165, 1.54) is 38.5 Å². The van der Waals surface area contributed by atoms with Crippen LogP contribution in [0.25, 0.3) is 0 Å². The van der Waals surface area contributed by atoms with E-state index in [-0.39, 0.29) is 0 Å². The fourth-order valence-corrected chi connectivity index (χ4v) is 4.79. The van der Waals surface area contributed by atoms with Crippen molar-refractivity contribution in [3.8, 4) is 17.6 Å². The number of hydrogen-bond acceptors (Lipinski definition) is 1. The highest BCUT2D eigenvalue weighted by Crippen LogP contribution is 2.52. The summed E-state index contributed by atoms with van der Waals surface area (Å²) in [5.74, 6) is 10.4. The molecular weight excluding hydrogens is 280 g/mol. The maximum atomic E-state index is 5.19. The summed E-state index contributed by atoms with van der Waals surface area (Å²) < 4.78 is 5.19. The second kappa shape index (κ2) is 7.00. The smallest absolute Gasteiger partial charge is 0.118 e. The zero-order valence-corrected chi connectivity index (χ0v) is 14.9. The van der Waals surface area contributed by atoms with Gasteiger partial charge in [-0.25, -0.2) is 0 Å². The maximum absolute atomic E-state index is 5.19. The van der Waals surface area contributed by atoms with Crippen LogP contribution in [0.5, 0.6) is 5.75 Å². The average Bonchev–Trinajstić information content (AvgIpc) is 2.56. The van der Waals surface area contributed by atoms with Gasteiger partial charge in [0.15, 0.2) is 0 Å². The molecule has 124 valence electrons. The molecule has 0 N–H and O–H groups in total. The normalized spacial score (nSPS) is 29.1. The van der Waals surface area contributed by atoms with Crippen LogP contribution in [0, 0.1) is 35.0 Å². The van der Waals surface area contributed by atoms with E-state index in [4.69, 9.17) is 4.74 Å². The molecule has 1 aromatic carbocycles. The number of methoxy groups -OCH3 is 1. The molecule has 0 aromatic heterocycles. The first-order valence-electron chi connectivity index (χ1n) is 9.21. The summed E-state index contributed by atoms with van der Waals surface area (Å²) in [5.41, 5.74) is 1.64. The molecule has 2 aliphatic rings. The third kappa shape index (κ3) is 3.92. The number of fused-ring (bicyclic) bond motifs is 1. The predicted molar refractivity (Wildman–Crippen MR) is 96.4 cm³/mol. The summed E-state index contributed by atoms with van der Waals surface area (Å²) in [7, 11) is 1.70.